The molecule has 1 aromatic heterocycles. The number of hydrogen-bond acceptors (Lipinski definition) is 8. The molecule has 12 nitrogen and oxygen atoms in total. The number of imide groups is 2. The minimum atomic E-state index is -1.02. The normalized spacial score (nSPS) is 17.9. The van der Waals surface area contributed by atoms with Crippen LogP contribution in [0.2, 0.25) is 0 Å². The van der Waals surface area contributed by atoms with E-state index < -0.39 is 29.7 Å². The molecule has 1 atom stereocenters. The maximum absolute atomic E-state index is 13.1. The molecule has 166 valence electrons. The second kappa shape index (κ2) is 8.57. The van der Waals surface area contributed by atoms with Crippen LogP contribution in [0, 0.1) is 0 Å². The molecule has 1 unspecified atom stereocenters. The first-order valence-corrected chi connectivity index (χ1v) is 10.1. The second-order valence-electron chi connectivity index (χ2n) is 7.43. The molecule has 0 aliphatic carbocycles. The number of piperidine rings is 1. The smallest absolute Gasteiger partial charge is 0.264 e. The van der Waals surface area contributed by atoms with Crippen LogP contribution in [0.1, 0.15) is 45.7 Å². The van der Waals surface area contributed by atoms with Gasteiger partial charge in [-0.15, -0.1) is 5.10 Å². The Hall–Kier alpha value is -4.09. The number of aromatic nitrogens is 3. The van der Waals surface area contributed by atoms with Crippen molar-refractivity contribution in [3.05, 3.63) is 41.2 Å². The van der Waals surface area contributed by atoms with Gasteiger partial charge in [0.25, 0.3) is 11.8 Å². The number of hydrogen-bond donors (Lipinski definition) is 3. The fourth-order valence-corrected chi connectivity index (χ4v) is 3.72. The number of rotatable bonds is 7. The largest absolute Gasteiger partial charge is 0.379 e. The Morgan fingerprint density at radius 3 is 2.78 bits per heavy atom. The van der Waals surface area contributed by atoms with Gasteiger partial charge in [-0.25, -0.2) is 0 Å². The van der Waals surface area contributed by atoms with Crippen LogP contribution in [0.3, 0.4) is 0 Å². The molecule has 2 aromatic rings. The van der Waals surface area contributed by atoms with E-state index in [9.17, 15) is 24.0 Å². The fourth-order valence-electron chi connectivity index (χ4n) is 3.72. The van der Waals surface area contributed by atoms with Gasteiger partial charge in [0.05, 0.1) is 30.4 Å². The minimum absolute atomic E-state index is 0.0600. The summed E-state index contributed by atoms with van der Waals surface area (Å²) < 4.78 is 1.54. The van der Waals surface area contributed by atoms with E-state index >= 15 is 0 Å². The minimum Gasteiger partial charge on any atom is -0.379 e. The Morgan fingerprint density at radius 2 is 2.03 bits per heavy atom. The number of carbonyl (C=O) groups is 5. The van der Waals surface area contributed by atoms with Crippen LogP contribution >= 0.6 is 0 Å². The van der Waals surface area contributed by atoms with Crippen molar-refractivity contribution in [1.29, 1.82) is 0 Å². The van der Waals surface area contributed by atoms with Gasteiger partial charge in [-0.2, -0.15) is 0 Å². The molecule has 3 N–H and O–H groups in total. The van der Waals surface area contributed by atoms with Gasteiger partial charge in [-0.1, -0.05) is 11.3 Å². The summed E-state index contributed by atoms with van der Waals surface area (Å²) in [6, 6.07) is 3.81. The Kier molecular flexibility index (Phi) is 5.67. The summed E-state index contributed by atoms with van der Waals surface area (Å²) in [4.78, 5) is 61.9. The summed E-state index contributed by atoms with van der Waals surface area (Å²) >= 11 is 0. The monoisotopic (exact) mass is 439 g/mol. The van der Waals surface area contributed by atoms with E-state index in [1.54, 1.807) is 30.1 Å². The molecule has 12 heteroatoms. The van der Waals surface area contributed by atoms with Crippen LogP contribution in [-0.2, 0) is 27.5 Å². The molecule has 1 fully saturated rings. The SMILES string of the molecule is CNC(=O)CCn1cc(CNc2cccc3c2C(=O)N(C2CCC(=O)NC2=O)C3=O)nn1. The van der Waals surface area contributed by atoms with Crippen molar-refractivity contribution in [2.45, 2.75) is 38.4 Å². The fraction of sp³-hybridized carbons (Fsp3) is 0.350. The molecule has 1 saturated heterocycles. The topological polar surface area (TPSA) is 155 Å². The van der Waals surface area contributed by atoms with Crippen LogP contribution in [0.4, 0.5) is 5.69 Å². The lowest BCUT2D eigenvalue weighted by molar-refractivity contribution is -0.136. The number of benzene rings is 1. The Morgan fingerprint density at radius 1 is 1.22 bits per heavy atom. The van der Waals surface area contributed by atoms with Gasteiger partial charge in [-0.3, -0.25) is 38.9 Å². The molecule has 5 amide bonds. The predicted octanol–water partition coefficient (Wildman–Crippen LogP) is -0.572. The Bertz CT molecular complexity index is 1130. The van der Waals surface area contributed by atoms with Crippen LogP contribution in [0.25, 0.3) is 0 Å². The molecule has 0 bridgehead atoms. The van der Waals surface area contributed by atoms with Crippen molar-refractivity contribution in [1.82, 2.24) is 30.5 Å². The summed E-state index contributed by atoms with van der Waals surface area (Å²) in [5, 5.41) is 15.8. The lowest BCUT2D eigenvalue weighted by atomic mass is 10.0. The summed E-state index contributed by atoms with van der Waals surface area (Å²) in [6.45, 7) is 0.609. The zero-order chi connectivity index (χ0) is 22.8. The van der Waals surface area contributed by atoms with Crippen LogP contribution in [-0.4, -0.2) is 62.5 Å². The summed E-state index contributed by atoms with van der Waals surface area (Å²) in [5.41, 5.74) is 1.38. The molecule has 3 heterocycles. The van der Waals surface area contributed by atoms with Crippen LogP contribution in [0.15, 0.2) is 24.4 Å². The predicted molar refractivity (Wildman–Crippen MR) is 109 cm³/mol. The van der Waals surface area contributed by atoms with Gasteiger partial charge < -0.3 is 10.6 Å². The van der Waals surface area contributed by atoms with Gasteiger partial charge >= 0.3 is 0 Å². The van der Waals surface area contributed by atoms with E-state index in [-0.39, 0.29) is 42.8 Å². The maximum atomic E-state index is 13.1. The van der Waals surface area contributed by atoms with E-state index in [4.69, 9.17) is 0 Å². The second-order valence-corrected chi connectivity index (χ2v) is 7.43. The number of nitrogens with one attached hydrogen (secondary N) is 3. The highest BCUT2D eigenvalue weighted by atomic mass is 16.2. The van der Waals surface area contributed by atoms with E-state index in [2.05, 4.69) is 26.3 Å². The maximum Gasteiger partial charge on any atom is 0.264 e. The number of fused-ring (bicyclic) bond motifs is 1. The van der Waals surface area contributed by atoms with Crippen molar-refractivity contribution < 1.29 is 24.0 Å². The van der Waals surface area contributed by atoms with Gasteiger partial charge in [0.1, 0.15) is 11.7 Å². The molecular weight excluding hydrogens is 418 g/mol. The number of nitrogens with zero attached hydrogens (tertiary/aromatic N) is 4. The van der Waals surface area contributed by atoms with Gasteiger partial charge in [0, 0.05) is 25.6 Å². The molecule has 1 aromatic carbocycles. The third kappa shape index (κ3) is 3.94. The third-order valence-electron chi connectivity index (χ3n) is 5.36. The van der Waals surface area contributed by atoms with E-state index in [0.29, 0.717) is 17.9 Å². The van der Waals surface area contributed by atoms with Crippen LogP contribution in [0.5, 0.6) is 0 Å². The first-order chi connectivity index (χ1) is 15.4. The molecule has 2 aliphatic rings. The van der Waals surface area contributed by atoms with Crippen molar-refractivity contribution >= 4 is 35.2 Å². The zero-order valence-corrected chi connectivity index (χ0v) is 17.3. The number of anilines is 1. The van der Waals surface area contributed by atoms with Crippen molar-refractivity contribution in [2.24, 2.45) is 0 Å². The highest BCUT2D eigenvalue weighted by Gasteiger charge is 2.45. The third-order valence-corrected chi connectivity index (χ3v) is 5.36. The first kappa shape index (κ1) is 21.2. The molecular formula is C20H21N7O5. The average molecular weight is 439 g/mol. The quantitative estimate of drug-likeness (QED) is 0.484. The summed E-state index contributed by atoms with van der Waals surface area (Å²) in [5.74, 6) is -2.34. The van der Waals surface area contributed by atoms with E-state index in [0.717, 1.165) is 4.90 Å². The van der Waals surface area contributed by atoms with Gasteiger partial charge in [0.2, 0.25) is 17.7 Å². The molecule has 0 radical (unpaired) electrons. The number of aryl methyl sites for hydroxylation is 1. The van der Waals surface area contributed by atoms with E-state index in [1.807, 2.05) is 0 Å². The van der Waals surface area contributed by atoms with Crippen molar-refractivity contribution in [3.8, 4) is 0 Å². The summed E-state index contributed by atoms with van der Waals surface area (Å²) in [7, 11) is 1.56. The van der Waals surface area contributed by atoms with E-state index in [1.165, 1.54) is 6.07 Å². The number of amides is 5. The Labute approximate surface area is 182 Å². The van der Waals surface area contributed by atoms with Crippen molar-refractivity contribution in [2.75, 3.05) is 12.4 Å². The highest BCUT2D eigenvalue weighted by Crippen LogP contribution is 2.32. The molecule has 32 heavy (non-hydrogen) atoms. The standard InChI is InChI=1S/C20H21N7O5/c1-21-15(28)7-8-26-10-11(24-25-26)9-22-13-4-2-3-12-17(13)20(32)27(19(12)31)14-5-6-16(29)23-18(14)30/h2-4,10,14,22H,5-9H2,1H3,(H,21,28)(H,23,29,30). The molecule has 0 saturated carbocycles. The molecule has 2 aliphatic heterocycles. The lowest BCUT2D eigenvalue weighted by Crippen LogP contribution is -2.54. The van der Waals surface area contributed by atoms with Gasteiger partial charge in [0.15, 0.2) is 0 Å². The van der Waals surface area contributed by atoms with Crippen LogP contribution < -0.4 is 16.0 Å². The highest BCUT2D eigenvalue weighted by molar-refractivity contribution is 6.25. The molecule has 4 rings (SSSR count). The zero-order valence-electron chi connectivity index (χ0n) is 17.3. The number of carbonyl (C=O) groups excluding carboxylic acids is 5. The molecule has 0 spiro atoms. The Balaban J connectivity index is 1.48. The average Bonchev–Trinajstić information content (AvgIpc) is 3.34. The van der Waals surface area contributed by atoms with Crippen molar-refractivity contribution in [3.63, 3.8) is 0 Å². The summed E-state index contributed by atoms with van der Waals surface area (Å²) in [6.07, 6.45) is 2.11. The van der Waals surface area contributed by atoms with Gasteiger partial charge in [-0.05, 0) is 18.6 Å². The lowest BCUT2D eigenvalue weighted by Gasteiger charge is -2.27. The first-order valence-electron chi connectivity index (χ1n) is 10.1.